The van der Waals surface area contributed by atoms with E-state index in [9.17, 15) is 9.59 Å². The number of hydrogen-bond acceptors (Lipinski definition) is 2. The number of hydrogen-bond donors (Lipinski definition) is 2. The lowest BCUT2D eigenvalue weighted by atomic mass is 9.76. The fourth-order valence-corrected chi connectivity index (χ4v) is 2.37. The molecule has 1 rings (SSSR count). The van der Waals surface area contributed by atoms with E-state index >= 15 is 0 Å². The van der Waals surface area contributed by atoms with Gasteiger partial charge < -0.3 is 5.32 Å². The zero-order chi connectivity index (χ0) is 12.7. The fourth-order valence-electron chi connectivity index (χ4n) is 2.19. The maximum absolute atomic E-state index is 11.4. The molecule has 0 aromatic heterocycles. The van der Waals surface area contributed by atoms with Crippen molar-refractivity contribution in [2.75, 3.05) is 12.4 Å². The summed E-state index contributed by atoms with van der Waals surface area (Å²) >= 11 is 5.41. The van der Waals surface area contributed by atoms with Gasteiger partial charge in [-0.2, -0.15) is 0 Å². The number of urea groups is 1. The molecule has 0 unspecified atom stereocenters. The predicted molar refractivity (Wildman–Crippen MR) is 68.1 cm³/mol. The van der Waals surface area contributed by atoms with Gasteiger partial charge in [0.2, 0.25) is 5.91 Å². The molecule has 0 aliphatic heterocycles. The van der Waals surface area contributed by atoms with E-state index in [4.69, 9.17) is 11.6 Å². The molecule has 1 saturated carbocycles. The Morgan fingerprint density at radius 3 is 2.47 bits per heavy atom. The van der Waals surface area contributed by atoms with Crippen LogP contribution in [0.4, 0.5) is 4.79 Å². The second kappa shape index (κ2) is 6.84. The smallest absolute Gasteiger partial charge is 0.321 e. The van der Waals surface area contributed by atoms with Crippen molar-refractivity contribution < 1.29 is 9.59 Å². The maximum atomic E-state index is 11.4. The molecule has 0 spiro atoms. The molecule has 98 valence electrons. The van der Waals surface area contributed by atoms with Crippen LogP contribution in [0.3, 0.4) is 0 Å². The number of halogens is 1. The molecule has 0 atom stereocenters. The molecule has 4 nitrogen and oxygen atoms in total. The summed E-state index contributed by atoms with van der Waals surface area (Å²) in [5.74, 6) is -0.0945. The Morgan fingerprint density at radius 1 is 1.24 bits per heavy atom. The van der Waals surface area contributed by atoms with Crippen LogP contribution in [-0.4, -0.2) is 24.4 Å². The molecule has 0 aromatic carbocycles. The van der Waals surface area contributed by atoms with Crippen LogP contribution < -0.4 is 10.6 Å². The van der Waals surface area contributed by atoms with Crippen LogP contribution in [0.2, 0.25) is 0 Å². The van der Waals surface area contributed by atoms with E-state index < -0.39 is 6.03 Å². The molecule has 0 aromatic rings. The standard InChI is InChI=1S/C12H21ClN2O2/c1-12(6-3-2-4-7-12)9-14-11(17)15-10(16)5-8-13/h2-9H2,1H3,(H2,14,15,16,17). The summed E-state index contributed by atoms with van der Waals surface area (Å²) in [7, 11) is 0. The molecule has 2 N–H and O–H groups in total. The molecule has 3 amide bonds. The second-order valence-electron chi connectivity index (χ2n) is 5.04. The lowest BCUT2D eigenvalue weighted by Gasteiger charge is -2.33. The van der Waals surface area contributed by atoms with Crippen molar-refractivity contribution in [3.63, 3.8) is 0 Å². The van der Waals surface area contributed by atoms with Gasteiger partial charge in [-0.1, -0.05) is 26.2 Å². The molecular formula is C12H21ClN2O2. The van der Waals surface area contributed by atoms with Gasteiger partial charge in [0.1, 0.15) is 0 Å². The molecule has 1 aliphatic carbocycles. The van der Waals surface area contributed by atoms with Crippen LogP contribution in [0, 0.1) is 5.41 Å². The van der Waals surface area contributed by atoms with Gasteiger partial charge in [-0.3, -0.25) is 10.1 Å². The van der Waals surface area contributed by atoms with Gasteiger partial charge in [0, 0.05) is 18.8 Å². The monoisotopic (exact) mass is 260 g/mol. The molecule has 0 bridgehead atoms. The molecular weight excluding hydrogens is 240 g/mol. The van der Waals surface area contributed by atoms with E-state index in [2.05, 4.69) is 17.6 Å². The van der Waals surface area contributed by atoms with Crippen molar-refractivity contribution in [1.29, 1.82) is 0 Å². The summed E-state index contributed by atoms with van der Waals surface area (Å²) in [6.45, 7) is 2.82. The number of carbonyl (C=O) groups excluding carboxylic acids is 2. The Hall–Kier alpha value is -0.770. The van der Waals surface area contributed by atoms with Crippen LogP contribution in [0.25, 0.3) is 0 Å². The van der Waals surface area contributed by atoms with Gasteiger partial charge in [0.15, 0.2) is 0 Å². The predicted octanol–water partition coefficient (Wildman–Crippen LogP) is 2.41. The highest BCUT2D eigenvalue weighted by atomic mass is 35.5. The summed E-state index contributed by atoms with van der Waals surface area (Å²) in [6.07, 6.45) is 6.20. The first-order valence-corrected chi connectivity index (χ1v) is 6.73. The highest BCUT2D eigenvalue weighted by Gasteiger charge is 2.27. The van der Waals surface area contributed by atoms with Gasteiger partial charge in [0.25, 0.3) is 0 Å². The van der Waals surface area contributed by atoms with Gasteiger partial charge in [-0.25, -0.2) is 4.79 Å². The van der Waals surface area contributed by atoms with Crippen molar-refractivity contribution in [3.05, 3.63) is 0 Å². The molecule has 0 radical (unpaired) electrons. The first-order valence-electron chi connectivity index (χ1n) is 6.19. The average molecular weight is 261 g/mol. The second-order valence-corrected chi connectivity index (χ2v) is 5.42. The number of alkyl halides is 1. The average Bonchev–Trinajstić information content (AvgIpc) is 2.28. The minimum Gasteiger partial charge on any atom is -0.337 e. The molecule has 1 fully saturated rings. The molecule has 0 saturated heterocycles. The Labute approximate surface area is 107 Å². The van der Waals surface area contributed by atoms with E-state index in [0.717, 1.165) is 12.8 Å². The first kappa shape index (κ1) is 14.3. The summed E-state index contributed by atoms with van der Waals surface area (Å²) in [5.41, 5.74) is 0.186. The highest BCUT2D eigenvalue weighted by Crippen LogP contribution is 2.34. The van der Waals surface area contributed by atoms with E-state index in [0.29, 0.717) is 6.54 Å². The van der Waals surface area contributed by atoms with E-state index in [-0.39, 0.29) is 23.6 Å². The zero-order valence-electron chi connectivity index (χ0n) is 10.4. The number of rotatable bonds is 4. The number of amides is 3. The van der Waals surface area contributed by atoms with Crippen molar-refractivity contribution in [1.82, 2.24) is 10.6 Å². The maximum Gasteiger partial charge on any atom is 0.321 e. The third-order valence-electron chi connectivity index (χ3n) is 3.31. The zero-order valence-corrected chi connectivity index (χ0v) is 11.1. The molecule has 1 aliphatic rings. The van der Waals surface area contributed by atoms with Gasteiger partial charge in [-0.05, 0) is 18.3 Å². The number of imide groups is 1. The summed E-state index contributed by atoms with van der Waals surface area (Å²) in [5, 5.41) is 5.03. The third-order valence-corrected chi connectivity index (χ3v) is 3.50. The Balaban J connectivity index is 2.25. The van der Waals surface area contributed by atoms with Crippen LogP contribution in [0.15, 0.2) is 0 Å². The van der Waals surface area contributed by atoms with Crippen LogP contribution >= 0.6 is 11.6 Å². The van der Waals surface area contributed by atoms with Crippen molar-refractivity contribution in [2.24, 2.45) is 5.41 Å². The number of nitrogens with one attached hydrogen (secondary N) is 2. The van der Waals surface area contributed by atoms with Crippen molar-refractivity contribution in [2.45, 2.75) is 45.4 Å². The topological polar surface area (TPSA) is 58.2 Å². The van der Waals surface area contributed by atoms with E-state index in [1.165, 1.54) is 19.3 Å². The van der Waals surface area contributed by atoms with E-state index in [1.807, 2.05) is 0 Å². The van der Waals surface area contributed by atoms with Crippen molar-refractivity contribution in [3.8, 4) is 0 Å². The summed E-state index contributed by atoms with van der Waals surface area (Å²) < 4.78 is 0. The quantitative estimate of drug-likeness (QED) is 0.763. The minimum atomic E-state index is -0.410. The fraction of sp³-hybridized carbons (Fsp3) is 0.833. The Bertz CT molecular complexity index is 276. The van der Waals surface area contributed by atoms with Crippen LogP contribution in [0.1, 0.15) is 45.4 Å². The molecule has 0 heterocycles. The Morgan fingerprint density at radius 2 is 1.88 bits per heavy atom. The number of carbonyl (C=O) groups is 2. The van der Waals surface area contributed by atoms with Gasteiger partial charge >= 0.3 is 6.03 Å². The van der Waals surface area contributed by atoms with Crippen molar-refractivity contribution >= 4 is 23.5 Å². The normalized spacial score (nSPS) is 18.5. The highest BCUT2D eigenvalue weighted by molar-refractivity contribution is 6.19. The molecule has 5 heteroatoms. The first-order chi connectivity index (χ1) is 8.06. The van der Waals surface area contributed by atoms with E-state index in [1.54, 1.807) is 0 Å². The lowest BCUT2D eigenvalue weighted by molar-refractivity contribution is -0.119. The Kier molecular flexibility index (Phi) is 5.75. The summed E-state index contributed by atoms with van der Waals surface area (Å²) in [6, 6.07) is -0.410. The minimum absolute atomic E-state index is 0.173. The van der Waals surface area contributed by atoms with Crippen LogP contribution in [0.5, 0.6) is 0 Å². The third kappa shape index (κ3) is 5.39. The summed E-state index contributed by atoms with van der Waals surface area (Å²) in [4.78, 5) is 22.6. The SMILES string of the molecule is CC1(CNC(=O)NC(=O)CCCl)CCCCC1. The van der Waals surface area contributed by atoms with Gasteiger partial charge in [-0.15, -0.1) is 11.6 Å². The lowest BCUT2D eigenvalue weighted by Crippen LogP contribution is -2.44. The van der Waals surface area contributed by atoms with Crippen LogP contribution in [-0.2, 0) is 4.79 Å². The molecule has 17 heavy (non-hydrogen) atoms. The van der Waals surface area contributed by atoms with Gasteiger partial charge in [0.05, 0.1) is 0 Å². The largest absolute Gasteiger partial charge is 0.337 e.